The van der Waals surface area contributed by atoms with Crippen LogP contribution in [0.5, 0.6) is 17.2 Å². The van der Waals surface area contributed by atoms with Gasteiger partial charge in [0.1, 0.15) is 22.9 Å². The van der Waals surface area contributed by atoms with Crippen LogP contribution >= 0.6 is 0 Å². The van der Waals surface area contributed by atoms with Gasteiger partial charge < -0.3 is 28.7 Å². The van der Waals surface area contributed by atoms with Crippen LogP contribution in [0.3, 0.4) is 0 Å². The van der Waals surface area contributed by atoms with E-state index in [2.05, 4.69) is 23.8 Å². The Morgan fingerprint density at radius 3 is 2.05 bits per heavy atom. The third-order valence-corrected chi connectivity index (χ3v) is 6.44. The molecule has 0 radical (unpaired) electrons. The van der Waals surface area contributed by atoms with Crippen molar-refractivity contribution in [1.82, 2.24) is 19.6 Å². The number of likely N-dealkylation sites (N-methyl/N-ethyl adjacent to an activating group) is 2. The van der Waals surface area contributed by atoms with Gasteiger partial charge in [-0.2, -0.15) is 5.10 Å². The van der Waals surface area contributed by atoms with Gasteiger partial charge in [0.2, 0.25) is 0 Å². The maximum absolute atomic E-state index is 13.2. The zero-order chi connectivity index (χ0) is 27.8. The summed E-state index contributed by atoms with van der Waals surface area (Å²) in [5, 5.41) is 4.51. The lowest BCUT2D eigenvalue weighted by Gasteiger charge is -2.23. The molecule has 1 amide bonds. The highest BCUT2D eigenvalue weighted by atomic mass is 16.5. The Morgan fingerprint density at radius 2 is 1.50 bits per heavy atom. The Bertz CT molecular complexity index is 1250. The molecule has 3 rings (SSSR count). The van der Waals surface area contributed by atoms with E-state index < -0.39 is 5.97 Å². The fourth-order valence-corrected chi connectivity index (χ4v) is 4.19. The maximum atomic E-state index is 13.2. The lowest BCUT2D eigenvalue weighted by Crippen LogP contribution is -2.36. The SMILES string of the molecule is CCN(CC)CCN(C)C(=O)c1ccc(-n2nc(C(=O)OC)cc2-c2c(OC)cccc2OC)c(OC)c1. The molecule has 3 aromatic rings. The van der Waals surface area contributed by atoms with Crippen molar-refractivity contribution < 1.29 is 28.5 Å². The van der Waals surface area contributed by atoms with E-state index in [4.69, 9.17) is 18.9 Å². The Labute approximate surface area is 223 Å². The smallest absolute Gasteiger partial charge is 0.358 e. The number of carbonyl (C=O) groups is 2. The van der Waals surface area contributed by atoms with Crippen LogP contribution in [0, 0.1) is 0 Å². The standard InChI is InChI=1S/C28H36N4O6/c1-8-31(9-2)16-15-30(3)27(33)19-13-14-21(25(17-19)37-6)32-22(18-20(29-32)28(34)38-7)26-23(35-4)11-10-12-24(26)36-5/h10-14,17-18H,8-9,15-16H2,1-7H3. The summed E-state index contributed by atoms with van der Waals surface area (Å²) in [6.45, 7) is 7.45. The quantitative estimate of drug-likeness (QED) is 0.331. The first-order valence-corrected chi connectivity index (χ1v) is 12.4. The van der Waals surface area contributed by atoms with Crippen molar-refractivity contribution in [2.24, 2.45) is 0 Å². The molecule has 1 aromatic heterocycles. The zero-order valence-electron chi connectivity index (χ0n) is 23.1. The van der Waals surface area contributed by atoms with E-state index in [0.717, 1.165) is 19.6 Å². The first kappa shape index (κ1) is 28.5. The van der Waals surface area contributed by atoms with Crippen molar-refractivity contribution in [2.45, 2.75) is 13.8 Å². The highest BCUT2D eigenvalue weighted by molar-refractivity contribution is 5.95. The molecule has 0 unspecified atom stereocenters. The second-order valence-electron chi connectivity index (χ2n) is 8.50. The summed E-state index contributed by atoms with van der Waals surface area (Å²) in [7, 11) is 7.71. The number of hydrogen-bond donors (Lipinski definition) is 0. The Balaban J connectivity index is 2.09. The van der Waals surface area contributed by atoms with Gasteiger partial charge in [0.05, 0.1) is 39.7 Å². The van der Waals surface area contributed by atoms with Gasteiger partial charge in [0.25, 0.3) is 5.91 Å². The molecular weight excluding hydrogens is 488 g/mol. The van der Waals surface area contributed by atoms with Crippen LogP contribution in [0.25, 0.3) is 16.9 Å². The van der Waals surface area contributed by atoms with Crippen LogP contribution in [0.2, 0.25) is 0 Å². The summed E-state index contributed by atoms with van der Waals surface area (Å²) >= 11 is 0. The van der Waals surface area contributed by atoms with Gasteiger partial charge in [0, 0.05) is 25.7 Å². The van der Waals surface area contributed by atoms with E-state index in [-0.39, 0.29) is 11.6 Å². The maximum Gasteiger partial charge on any atom is 0.358 e. The highest BCUT2D eigenvalue weighted by Crippen LogP contribution is 2.40. The molecule has 0 aliphatic heterocycles. The fraction of sp³-hybridized carbons (Fsp3) is 0.393. The van der Waals surface area contributed by atoms with E-state index in [1.54, 1.807) is 73.3 Å². The number of nitrogens with zero attached hydrogens (tertiary/aromatic N) is 4. The van der Waals surface area contributed by atoms with E-state index in [9.17, 15) is 9.59 Å². The number of carbonyl (C=O) groups excluding carboxylic acids is 2. The number of ether oxygens (including phenoxy) is 4. The van der Waals surface area contributed by atoms with E-state index >= 15 is 0 Å². The molecule has 0 spiro atoms. The molecule has 0 fully saturated rings. The van der Waals surface area contributed by atoms with Crippen molar-refractivity contribution in [1.29, 1.82) is 0 Å². The number of esters is 1. The number of aromatic nitrogens is 2. The number of amides is 1. The first-order valence-electron chi connectivity index (χ1n) is 12.4. The van der Waals surface area contributed by atoms with Crippen LogP contribution in [0.15, 0.2) is 42.5 Å². The minimum atomic E-state index is -0.598. The molecule has 1 heterocycles. The van der Waals surface area contributed by atoms with Gasteiger partial charge in [-0.15, -0.1) is 0 Å². The highest BCUT2D eigenvalue weighted by Gasteiger charge is 2.25. The molecule has 0 N–H and O–H groups in total. The molecule has 204 valence electrons. The summed E-state index contributed by atoms with van der Waals surface area (Å²) in [6, 6.07) is 12.1. The molecule has 0 saturated carbocycles. The summed E-state index contributed by atoms with van der Waals surface area (Å²) in [6.07, 6.45) is 0. The van der Waals surface area contributed by atoms with E-state index in [0.29, 0.717) is 46.3 Å². The minimum absolute atomic E-state index is 0.0915. The molecule has 0 aliphatic carbocycles. The van der Waals surface area contributed by atoms with Crippen molar-refractivity contribution in [3.63, 3.8) is 0 Å². The molecule has 0 atom stereocenters. The van der Waals surface area contributed by atoms with Gasteiger partial charge in [0.15, 0.2) is 5.69 Å². The lowest BCUT2D eigenvalue weighted by atomic mass is 10.1. The van der Waals surface area contributed by atoms with Crippen molar-refractivity contribution in [3.8, 4) is 34.2 Å². The number of methoxy groups -OCH3 is 4. The minimum Gasteiger partial charge on any atom is -0.496 e. The molecule has 0 saturated heterocycles. The van der Waals surface area contributed by atoms with Gasteiger partial charge in [-0.05, 0) is 49.5 Å². The van der Waals surface area contributed by atoms with Crippen LogP contribution in [-0.4, -0.2) is 93.1 Å². The fourth-order valence-electron chi connectivity index (χ4n) is 4.19. The third kappa shape index (κ3) is 5.91. The second kappa shape index (κ2) is 13.0. The predicted molar refractivity (Wildman–Crippen MR) is 145 cm³/mol. The van der Waals surface area contributed by atoms with Gasteiger partial charge in [-0.25, -0.2) is 9.48 Å². The molecule has 10 heteroatoms. The third-order valence-electron chi connectivity index (χ3n) is 6.44. The number of rotatable bonds is 12. The van der Waals surface area contributed by atoms with Crippen LogP contribution in [-0.2, 0) is 4.74 Å². The van der Waals surface area contributed by atoms with E-state index in [1.807, 2.05) is 0 Å². The predicted octanol–water partition coefficient (Wildman–Crippen LogP) is 3.77. The average molecular weight is 525 g/mol. The molecular formula is C28H36N4O6. The number of hydrogen-bond acceptors (Lipinski definition) is 8. The Kier molecular flexibility index (Phi) is 9.72. The second-order valence-corrected chi connectivity index (χ2v) is 8.50. The largest absolute Gasteiger partial charge is 0.496 e. The van der Waals surface area contributed by atoms with Gasteiger partial charge >= 0.3 is 5.97 Å². The summed E-state index contributed by atoms with van der Waals surface area (Å²) in [5.41, 5.74) is 2.21. The zero-order valence-corrected chi connectivity index (χ0v) is 23.1. The average Bonchev–Trinajstić information content (AvgIpc) is 3.40. The van der Waals surface area contributed by atoms with Crippen LogP contribution in [0.4, 0.5) is 0 Å². The van der Waals surface area contributed by atoms with Gasteiger partial charge in [-0.1, -0.05) is 19.9 Å². The monoisotopic (exact) mass is 524 g/mol. The van der Waals surface area contributed by atoms with Crippen LogP contribution < -0.4 is 14.2 Å². The summed E-state index contributed by atoms with van der Waals surface area (Å²) in [4.78, 5) is 29.6. The molecule has 38 heavy (non-hydrogen) atoms. The molecule has 0 aliphatic rings. The van der Waals surface area contributed by atoms with Crippen molar-refractivity contribution in [3.05, 3.63) is 53.7 Å². The summed E-state index contributed by atoms with van der Waals surface area (Å²) in [5.74, 6) is 0.747. The van der Waals surface area contributed by atoms with E-state index in [1.165, 1.54) is 14.2 Å². The molecule has 10 nitrogen and oxygen atoms in total. The lowest BCUT2D eigenvalue weighted by molar-refractivity contribution is 0.0593. The Hall–Kier alpha value is -4.05. The normalized spacial score (nSPS) is 10.8. The number of benzene rings is 2. The molecule has 0 bridgehead atoms. The van der Waals surface area contributed by atoms with Crippen molar-refractivity contribution >= 4 is 11.9 Å². The van der Waals surface area contributed by atoms with Crippen LogP contribution in [0.1, 0.15) is 34.7 Å². The van der Waals surface area contributed by atoms with Gasteiger partial charge in [-0.3, -0.25) is 4.79 Å². The topological polar surface area (TPSA) is 95.4 Å². The first-order chi connectivity index (χ1) is 18.3. The van der Waals surface area contributed by atoms with Crippen molar-refractivity contribution in [2.75, 3.05) is 61.7 Å². The summed E-state index contributed by atoms with van der Waals surface area (Å²) < 4.78 is 23.4. The molecule has 2 aromatic carbocycles. The Morgan fingerprint density at radius 1 is 0.868 bits per heavy atom.